The molecule has 1 N–H and O–H groups in total. The Morgan fingerprint density at radius 3 is 1.97 bits per heavy atom. The highest BCUT2D eigenvalue weighted by Gasteiger charge is 2.35. The second kappa shape index (κ2) is 8.71. The third-order valence-corrected chi connectivity index (χ3v) is 5.05. The van der Waals surface area contributed by atoms with Gasteiger partial charge in [-0.1, -0.05) is 17.7 Å². The van der Waals surface area contributed by atoms with Crippen LogP contribution in [0.5, 0.6) is 11.8 Å². The lowest BCUT2D eigenvalue weighted by Crippen LogP contribution is -2.24. The zero-order valence-electron chi connectivity index (χ0n) is 14.8. The summed E-state index contributed by atoms with van der Waals surface area (Å²) in [7, 11) is -4.87. The van der Waals surface area contributed by atoms with Crippen LogP contribution in [0.4, 0.5) is 32.0 Å². The van der Waals surface area contributed by atoms with Crippen LogP contribution in [0.2, 0.25) is 5.02 Å². The van der Waals surface area contributed by atoms with Crippen LogP contribution in [-0.2, 0) is 10.0 Å². The second-order valence-corrected chi connectivity index (χ2v) is 7.67. The van der Waals surface area contributed by atoms with Crippen molar-refractivity contribution in [3.05, 3.63) is 35.1 Å². The third kappa shape index (κ3) is 6.52. The molecule has 0 aliphatic heterocycles. The van der Waals surface area contributed by atoms with Gasteiger partial charge in [0, 0.05) is 5.02 Å². The second-order valence-electron chi connectivity index (χ2n) is 5.64. The molecule has 0 aliphatic carbocycles. The predicted octanol–water partition coefficient (Wildman–Crippen LogP) is 4.12. The van der Waals surface area contributed by atoms with Gasteiger partial charge in [-0.15, -0.1) is 0 Å². The van der Waals surface area contributed by atoms with Crippen LogP contribution >= 0.6 is 11.6 Å². The summed E-state index contributed by atoms with van der Waals surface area (Å²) in [6.45, 7) is -2.48. The van der Waals surface area contributed by atoms with Gasteiger partial charge in [-0.05, 0) is 24.6 Å². The molecule has 1 aromatic carbocycles. The summed E-state index contributed by atoms with van der Waals surface area (Å²) in [6, 6.07) is 4.09. The molecule has 0 saturated carbocycles. The molecule has 0 fully saturated rings. The molecule has 1 aromatic heterocycles. The van der Waals surface area contributed by atoms with Crippen molar-refractivity contribution in [2.24, 2.45) is 0 Å². The fourth-order valence-corrected chi connectivity index (χ4v) is 3.46. The van der Waals surface area contributed by atoms with E-state index in [-0.39, 0.29) is 16.3 Å². The first-order valence-electron chi connectivity index (χ1n) is 7.71. The van der Waals surface area contributed by atoms with E-state index in [0.29, 0.717) is 6.33 Å². The lowest BCUT2D eigenvalue weighted by atomic mass is 10.2. The maximum absolute atomic E-state index is 12.8. The number of aromatic nitrogens is 2. The van der Waals surface area contributed by atoms with Crippen molar-refractivity contribution in [1.82, 2.24) is 9.97 Å². The summed E-state index contributed by atoms with van der Waals surface area (Å²) in [5.74, 6) is -2.29. The monoisotopic (exact) mass is 479 g/mol. The normalized spacial score (nSPS) is 12.5. The third-order valence-electron chi connectivity index (χ3n) is 3.26. The molecule has 2 rings (SSSR count). The van der Waals surface area contributed by atoms with E-state index in [2.05, 4.69) is 19.4 Å². The van der Waals surface area contributed by atoms with E-state index >= 15 is 0 Å². The van der Waals surface area contributed by atoms with E-state index < -0.39 is 52.2 Å². The molecule has 2 aromatic rings. The van der Waals surface area contributed by atoms with E-state index in [1.807, 2.05) is 4.72 Å². The Morgan fingerprint density at radius 2 is 1.50 bits per heavy atom. The topological polar surface area (TPSA) is 90.4 Å². The summed E-state index contributed by atoms with van der Waals surface area (Å²) in [5.41, 5.74) is 0.157. The first-order valence-corrected chi connectivity index (χ1v) is 9.58. The van der Waals surface area contributed by atoms with E-state index in [0.717, 1.165) is 0 Å². The Kier molecular flexibility index (Phi) is 6.91. The minimum atomic E-state index is -4.88. The Hall–Kier alpha value is -2.48. The predicted molar refractivity (Wildman–Crippen MR) is 92.1 cm³/mol. The number of hydrogen-bond donors (Lipinski definition) is 1. The molecule has 0 spiro atoms. The minimum absolute atomic E-state index is 0.0881. The van der Waals surface area contributed by atoms with Crippen LogP contribution in [0.1, 0.15) is 5.56 Å². The van der Waals surface area contributed by atoms with Crippen molar-refractivity contribution >= 4 is 27.3 Å². The number of benzene rings is 1. The zero-order valence-corrected chi connectivity index (χ0v) is 16.4. The fraction of sp³-hybridized carbons (Fsp3) is 0.333. The molecular weight excluding hydrogens is 468 g/mol. The van der Waals surface area contributed by atoms with E-state index in [9.17, 15) is 34.8 Å². The van der Waals surface area contributed by atoms with Gasteiger partial charge in [0.15, 0.2) is 13.2 Å². The van der Waals surface area contributed by atoms with Crippen LogP contribution in [0.25, 0.3) is 0 Å². The maximum Gasteiger partial charge on any atom is 0.422 e. The molecule has 0 unspecified atom stereocenters. The van der Waals surface area contributed by atoms with Gasteiger partial charge in [0.2, 0.25) is 16.7 Å². The molecule has 0 atom stereocenters. The highest BCUT2D eigenvalue weighted by molar-refractivity contribution is 7.93. The van der Waals surface area contributed by atoms with Crippen molar-refractivity contribution in [3.63, 3.8) is 0 Å². The standard InChI is InChI=1S/C15H12ClF6N3O4S/c1-8-9(16)3-2-4-10(8)25-30(26,27)11-12(28-5-14(17,18)19)23-7-24-13(11)29-6-15(20,21)22/h2-4,7,25H,5-6H2,1H3. The molecule has 0 radical (unpaired) electrons. The lowest BCUT2D eigenvalue weighted by molar-refractivity contribution is -0.155. The quantitative estimate of drug-likeness (QED) is 0.601. The summed E-state index contributed by atoms with van der Waals surface area (Å²) < 4.78 is 111. The summed E-state index contributed by atoms with van der Waals surface area (Å²) in [5, 5.41) is 0.154. The average molecular weight is 480 g/mol. The van der Waals surface area contributed by atoms with Crippen molar-refractivity contribution in [2.45, 2.75) is 24.2 Å². The molecule has 15 heteroatoms. The summed E-state index contributed by atoms with van der Waals surface area (Å²) in [4.78, 5) is 5.35. The number of halogens is 7. The van der Waals surface area contributed by atoms with Gasteiger partial charge in [-0.2, -0.15) is 26.3 Å². The summed E-state index contributed by atoms with van der Waals surface area (Å²) in [6.07, 6.45) is -9.26. The van der Waals surface area contributed by atoms with Gasteiger partial charge >= 0.3 is 12.4 Å². The Morgan fingerprint density at radius 1 is 1.00 bits per heavy atom. The van der Waals surface area contributed by atoms with Gasteiger partial charge in [0.25, 0.3) is 10.0 Å². The number of sulfonamides is 1. The van der Waals surface area contributed by atoms with Crippen LogP contribution in [0.15, 0.2) is 29.4 Å². The molecule has 166 valence electrons. The molecule has 0 bridgehead atoms. The van der Waals surface area contributed by atoms with E-state index in [1.165, 1.54) is 25.1 Å². The van der Waals surface area contributed by atoms with Crippen LogP contribution < -0.4 is 14.2 Å². The van der Waals surface area contributed by atoms with Crippen LogP contribution in [0.3, 0.4) is 0 Å². The highest BCUT2D eigenvalue weighted by atomic mass is 35.5. The average Bonchev–Trinajstić information content (AvgIpc) is 2.60. The molecule has 0 amide bonds. The van der Waals surface area contributed by atoms with Crippen molar-refractivity contribution in [3.8, 4) is 11.8 Å². The molecule has 7 nitrogen and oxygen atoms in total. The molecule has 30 heavy (non-hydrogen) atoms. The van der Waals surface area contributed by atoms with Crippen molar-refractivity contribution in [2.75, 3.05) is 17.9 Å². The summed E-state index contributed by atoms with van der Waals surface area (Å²) >= 11 is 5.89. The number of nitrogens with one attached hydrogen (secondary N) is 1. The van der Waals surface area contributed by atoms with E-state index in [1.54, 1.807) is 0 Å². The fourth-order valence-electron chi connectivity index (χ4n) is 1.99. The number of anilines is 1. The SMILES string of the molecule is Cc1c(Cl)cccc1NS(=O)(=O)c1c(OCC(F)(F)F)ncnc1OCC(F)(F)F. The number of alkyl halides is 6. The van der Waals surface area contributed by atoms with Gasteiger partial charge in [0.05, 0.1) is 5.69 Å². The first kappa shape index (κ1) is 23.8. The number of hydrogen-bond acceptors (Lipinski definition) is 6. The van der Waals surface area contributed by atoms with Crippen LogP contribution in [-0.4, -0.2) is 44.0 Å². The smallest absolute Gasteiger partial charge is 0.422 e. The zero-order chi connectivity index (χ0) is 22.7. The Labute approximate surface area is 171 Å². The van der Waals surface area contributed by atoms with Gasteiger partial charge < -0.3 is 9.47 Å². The number of rotatable bonds is 7. The maximum atomic E-state index is 12.8. The van der Waals surface area contributed by atoms with Gasteiger partial charge in [0.1, 0.15) is 6.33 Å². The number of ether oxygens (including phenoxy) is 2. The molecule has 0 saturated heterocycles. The van der Waals surface area contributed by atoms with Gasteiger partial charge in [-0.25, -0.2) is 18.4 Å². The Bertz CT molecular complexity index is 978. The van der Waals surface area contributed by atoms with Crippen LogP contribution in [0, 0.1) is 6.92 Å². The van der Waals surface area contributed by atoms with E-state index in [4.69, 9.17) is 11.6 Å². The minimum Gasteiger partial charge on any atom is -0.467 e. The molecule has 0 aliphatic rings. The molecular formula is C15H12ClF6N3O4S. The van der Waals surface area contributed by atoms with Crippen molar-refractivity contribution < 1.29 is 44.2 Å². The molecule has 1 heterocycles. The van der Waals surface area contributed by atoms with Crippen molar-refractivity contribution in [1.29, 1.82) is 0 Å². The highest BCUT2D eigenvalue weighted by Crippen LogP contribution is 2.34. The van der Waals surface area contributed by atoms with Gasteiger partial charge in [-0.3, -0.25) is 4.72 Å². The first-order chi connectivity index (χ1) is 13.7. The Balaban J connectivity index is 2.52. The lowest BCUT2D eigenvalue weighted by Gasteiger charge is -2.17. The largest absolute Gasteiger partial charge is 0.467 e. The number of nitrogens with zero attached hydrogens (tertiary/aromatic N) is 2.